The van der Waals surface area contributed by atoms with Crippen molar-refractivity contribution in [3.8, 4) is 0 Å². The highest BCUT2D eigenvalue weighted by molar-refractivity contribution is 8.07. The maximum Gasteiger partial charge on any atom is 0.0871 e. The summed E-state index contributed by atoms with van der Waals surface area (Å²) in [5, 5.41) is 0. The van der Waals surface area contributed by atoms with Crippen LogP contribution in [0.2, 0.25) is 0 Å². The van der Waals surface area contributed by atoms with E-state index in [0.717, 1.165) is 6.42 Å². The predicted octanol–water partition coefficient (Wildman–Crippen LogP) is 4.98. The van der Waals surface area contributed by atoms with Crippen LogP contribution in [-0.2, 0) is 4.74 Å². The zero-order valence-electron chi connectivity index (χ0n) is 12.2. The molecule has 19 heavy (non-hydrogen) atoms. The van der Waals surface area contributed by atoms with E-state index in [9.17, 15) is 0 Å². The second kappa shape index (κ2) is 4.39. The molecule has 1 nitrogen and oxygen atoms in total. The van der Waals surface area contributed by atoms with Crippen molar-refractivity contribution in [1.29, 1.82) is 0 Å². The maximum absolute atomic E-state index is 5.66. The van der Waals surface area contributed by atoms with Crippen LogP contribution in [0.1, 0.15) is 40.0 Å². The average Bonchev–Trinajstić information content (AvgIpc) is 2.37. The van der Waals surface area contributed by atoms with E-state index in [1.54, 1.807) is 5.57 Å². The minimum Gasteiger partial charge on any atom is -0.374 e. The van der Waals surface area contributed by atoms with Gasteiger partial charge >= 0.3 is 0 Å². The van der Waals surface area contributed by atoms with Crippen molar-refractivity contribution in [2.24, 2.45) is 5.41 Å². The van der Waals surface area contributed by atoms with E-state index in [1.807, 2.05) is 18.9 Å². The second-order valence-corrected chi connectivity index (χ2v) is 7.58. The molecule has 0 bridgehead atoms. The first-order valence-electron chi connectivity index (χ1n) is 6.97. The van der Waals surface area contributed by atoms with E-state index in [0.29, 0.717) is 5.41 Å². The third kappa shape index (κ3) is 2.25. The highest BCUT2D eigenvalue weighted by Gasteiger charge is 2.39. The Morgan fingerprint density at radius 1 is 1.26 bits per heavy atom. The second-order valence-electron chi connectivity index (χ2n) is 6.50. The molecule has 2 aliphatic carbocycles. The van der Waals surface area contributed by atoms with Crippen LogP contribution in [0.15, 0.2) is 45.3 Å². The molecule has 0 saturated carbocycles. The number of fused-ring (bicyclic) bond motifs is 1. The van der Waals surface area contributed by atoms with Crippen LogP contribution in [0.5, 0.6) is 0 Å². The van der Waals surface area contributed by atoms with Gasteiger partial charge in [0, 0.05) is 23.9 Å². The number of rotatable bonds is 1. The lowest BCUT2D eigenvalue weighted by Crippen LogP contribution is -2.32. The van der Waals surface area contributed by atoms with E-state index >= 15 is 0 Å². The Kier molecular flexibility index (Phi) is 3.06. The Labute approximate surface area is 120 Å². The van der Waals surface area contributed by atoms with Crippen LogP contribution in [0.25, 0.3) is 0 Å². The zero-order chi connectivity index (χ0) is 13.7. The number of hydrogen-bond donors (Lipinski definition) is 0. The first-order valence-corrected chi connectivity index (χ1v) is 7.79. The molecular formula is C17H22OS. The van der Waals surface area contributed by atoms with Gasteiger partial charge in [0.2, 0.25) is 0 Å². The standard InChI is InChI=1S/C17H22OS/c1-12-5-7-16(2)10-13-11-17(3,18-4)8-6-14(13)19-15(16)9-12/h5-6,8-9H,7,10-11H2,1-4H3. The summed E-state index contributed by atoms with van der Waals surface area (Å²) in [6.07, 6.45) is 12.6. The third-order valence-corrected chi connectivity index (χ3v) is 6.09. The Bertz CT molecular complexity index is 537. The van der Waals surface area contributed by atoms with Gasteiger partial charge in [-0.3, -0.25) is 0 Å². The van der Waals surface area contributed by atoms with Gasteiger partial charge in [-0.25, -0.2) is 0 Å². The van der Waals surface area contributed by atoms with E-state index in [4.69, 9.17) is 4.74 Å². The van der Waals surface area contributed by atoms with Gasteiger partial charge in [-0.05, 0) is 43.7 Å². The molecule has 0 aromatic carbocycles. The van der Waals surface area contributed by atoms with Gasteiger partial charge in [-0.1, -0.05) is 42.0 Å². The van der Waals surface area contributed by atoms with Crippen molar-refractivity contribution in [1.82, 2.24) is 0 Å². The molecule has 1 aliphatic heterocycles. The summed E-state index contributed by atoms with van der Waals surface area (Å²) in [6.45, 7) is 6.79. The van der Waals surface area contributed by atoms with Crippen LogP contribution in [-0.4, -0.2) is 12.7 Å². The molecule has 0 amide bonds. The summed E-state index contributed by atoms with van der Waals surface area (Å²) >= 11 is 1.97. The Hall–Kier alpha value is -0.730. The van der Waals surface area contributed by atoms with Gasteiger partial charge in [0.1, 0.15) is 0 Å². The van der Waals surface area contributed by atoms with Crippen molar-refractivity contribution in [3.05, 3.63) is 45.3 Å². The van der Waals surface area contributed by atoms with Crippen molar-refractivity contribution < 1.29 is 4.74 Å². The first-order chi connectivity index (χ1) is 8.94. The summed E-state index contributed by atoms with van der Waals surface area (Å²) < 4.78 is 5.66. The van der Waals surface area contributed by atoms with Gasteiger partial charge in [0.15, 0.2) is 0 Å². The molecule has 0 N–H and O–H groups in total. The molecule has 102 valence electrons. The smallest absolute Gasteiger partial charge is 0.0871 e. The molecule has 2 unspecified atom stereocenters. The fraction of sp³-hybridized carbons (Fsp3) is 0.529. The predicted molar refractivity (Wildman–Crippen MR) is 83.0 cm³/mol. The van der Waals surface area contributed by atoms with Gasteiger partial charge in [0.05, 0.1) is 5.60 Å². The lowest BCUT2D eigenvalue weighted by Gasteiger charge is -2.42. The minimum absolute atomic E-state index is 0.114. The van der Waals surface area contributed by atoms with Crippen LogP contribution in [0.4, 0.5) is 0 Å². The van der Waals surface area contributed by atoms with E-state index in [2.05, 4.69) is 45.1 Å². The summed E-state index contributed by atoms with van der Waals surface area (Å²) in [6, 6.07) is 0. The molecule has 0 saturated heterocycles. The molecule has 2 heteroatoms. The zero-order valence-corrected chi connectivity index (χ0v) is 13.1. The van der Waals surface area contributed by atoms with Gasteiger partial charge in [0.25, 0.3) is 0 Å². The van der Waals surface area contributed by atoms with Crippen LogP contribution >= 0.6 is 11.8 Å². The monoisotopic (exact) mass is 274 g/mol. The lowest BCUT2D eigenvalue weighted by molar-refractivity contribution is 0.0463. The SMILES string of the molecule is COC1(C)C=CC2=C(C1)CC1(C)CC=C(C)C=C1S2. The molecule has 0 radical (unpaired) electrons. The summed E-state index contributed by atoms with van der Waals surface area (Å²) in [7, 11) is 1.81. The summed E-state index contributed by atoms with van der Waals surface area (Å²) in [5.74, 6) is 0. The number of ether oxygens (including phenoxy) is 1. The highest BCUT2D eigenvalue weighted by Crippen LogP contribution is 2.56. The molecule has 3 aliphatic rings. The Morgan fingerprint density at radius 3 is 2.79 bits per heavy atom. The van der Waals surface area contributed by atoms with E-state index in [-0.39, 0.29) is 5.60 Å². The minimum atomic E-state index is -0.114. The molecular weight excluding hydrogens is 252 g/mol. The van der Waals surface area contributed by atoms with E-state index < -0.39 is 0 Å². The Balaban J connectivity index is 1.94. The van der Waals surface area contributed by atoms with Crippen molar-refractivity contribution >= 4 is 11.8 Å². The van der Waals surface area contributed by atoms with Crippen molar-refractivity contribution in [3.63, 3.8) is 0 Å². The number of thioether (sulfide) groups is 1. The normalized spacial score (nSPS) is 37.5. The van der Waals surface area contributed by atoms with Crippen LogP contribution < -0.4 is 0 Å². The highest BCUT2D eigenvalue weighted by atomic mass is 32.2. The van der Waals surface area contributed by atoms with Crippen molar-refractivity contribution in [2.75, 3.05) is 7.11 Å². The molecule has 0 spiro atoms. The fourth-order valence-corrected chi connectivity index (χ4v) is 4.47. The first kappa shape index (κ1) is 13.3. The molecule has 0 aromatic rings. The molecule has 0 fully saturated rings. The number of allylic oxidation sites excluding steroid dienone is 5. The molecule has 0 aromatic heterocycles. The largest absolute Gasteiger partial charge is 0.374 e. The van der Waals surface area contributed by atoms with Gasteiger partial charge in [-0.2, -0.15) is 0 Å². The van der Waals surface area contributed by atoms with Gasteiger partial charge < -0.3 is 4.74 Å². The topological polar surface area (TPSA) is 9.23 Å². The number of hydrogen-bond acceptors (Lipinski definition) is 2. The van der Waals surface area contributed by atoms with Gasteiger partial charge in [-0.15, -0.1) is 0 Å². The molecule has 2 atom stereocenters. The third-order valence-electron chi connectivity index (χ3n) is 4.62. The lowest BCUT2D eigenvalue weighted by atomic mass is 9.73. The maximum atomic E-state index is 5.66. The quantitative estimate of drug-likeness (QED) is 0.666. The average molecular weight is 274 g/mol. The fourth-order valence-electron chi connectivity index (χ4n) is 3.16. The van der Waals surface area contributed by atoms with Crippen LogP contribution in [0, 0.1) is 5.41 Å². The summed E-state index contributed by atoms with van der Waals surface area (Å²) in [5.41, 5.74) is 3.18. The van der Waals surface area contributed by atoms with Crippen LogP contribution in [0.3, 0.4) is 0 Å². The molecule has 1 heterocycles. The Morgan fingerprint density at radius 2 is 2.05 bits per heavy atom. The van der Waals surface area contributed by atoms with Crippen molar-refractivity contribution in [2.45, 2.75) is 45.6 Å². The molecule has 3 rings (SSSR count). The summed E-state index contributed by atoms with van der Waals surface area (Å²) in [4.78, 5) is 2.99. The van der Waals surface area contributed by atoms with E-state index in [1.165, 1.54) is 28.2 Å². The number of methoxy groups -OCH3 is 1.